The van der Waals surface area contributed by atoms with E-state index in [0.717, 1.165) is 22.8 Å². The fourth-order valence-electron chi connectivity index (χ4n) is 1.62. The molecule has 0 amide bonds. The Labute approximate surface area is 111 Å². The molecule has 5 heteroatoms. The van der Waals surface area contributed by atoms with Crippen molar-refractivity contribution < 1.29 is 4.74 Å². The van der Waals surface area contributed by atoms with Crippen LogP contribution in [0.3, 0.4) is 0 Å². The lowest BCUT2D eigenvalue weighted by molar-refractivity contribution is 0.242. The Bertz CT molecular complexity index is 520. The zero-order valence-electron chi connectivity index (χ0n) is 10.4. The topological polar surface area (TPSA) is 63.9 Å². The molecule has 0 saturated carbocycles. The monoisotopic (exact) mass is 265 g/mol. The van der Waals surface area contributed by atoms with Crippen LogP contribution in [0.2, 0.25) is 5.15 Å². The van der Waals surface area contributed by atoms with Crippen molar-refractivity contribution in [3.05, 3.63) is 35.1 Å². The zero-order chi connectivity index (χ0) is 13.1. The second-order valence-electron chi connectivity index (χ2n) is 4.25. The Hall–Kier alpha value is -1.52. The first-order valence-corrected chi connectivity index (χ1v) is 6.19. The summed E-state index contributed by atoms with van der Waals surface area (Å²) in [6.07, 6.45) is 0.165. The Kier molecular flexibility index (Phi) is 3.89. The Morgan fingerprint density at radius 2 is 2.00 bits per heavy atom. The van der Waals surface area contributed by atoms with Gasteiger partial charge >= 0.3 is 0 Å². The van der Waals surface area contributed by atoms with Gasteiger partial charge in [-0.05, 0) is 38.1 Å². The van der Waals surface area contributed by atoms with E-state index >= 15 is 0 Å². The van der Waals surface area contributed by atoms with Crippen molar-refractivity contribution in [2.75, 3.05) is 0 Å². The summed E-state index contributed by atoms with van der Waals surface area (Å²) in [6.45, 7) is 4.34. The van der Waals surface area contributed by atoms with Crippen LogP contribution in [0.5, 0.6) is 5.75 Å². The number of hydrogen-bond donors (Lipinski definition) is 2. The van der Waals surface area contributed by atoms with Gasteiger partial charge in [0.25, 0.3) is 0 Å². The van der Waals surface area contributed by atoms with Gasteiger partial charge in [-0.25, -0.2) is 4.98 Å². The molecule has 3 N–H and O–H groups in total. The van der Waals surface area contributed by atoms with Crippen molar-refractivity contribution in [1.82, 2.24) is 9.97 Å². The summed E-state index contributed by atoms with van der Waals surface area (Å²) in [5.74, 6) is 1.56. The van der Waals surface area contributed by atoms with E-state index in [-0.39, 0.29) is 6.10 Å². The lowest BCUT2D eigenvalue weighted by Gasteiger charge is -2.09. The van der Waals surface area contributed by atoms with Crippen LogP contribution in [0.4, 0.5) is 0 Å². The van der Waals surface area contributed by atoms with Gasteiger partial charge in [-0.2, -0.15) is 0 Å². The molecule has 0 aliphatic heterocycles. The van der Waals surface area contributed by atoms with Gasteiger partial charge in [-0.1, -0.05) is 11.6 Å². The first-order valence-electron chi connectivity index (χ1n) is 5.81. The summed E-state index contributed by atoms with van der Waals surface area (Å²) in [6, 6.07) is 7.70. The van der Waals surface area contributed by atoms with Gasteiger partial charge in [-0.3, -0.25) is 0 Å². The van der Waals surface area contributed by atoms with Crippen LogP contribution in [0.1, 0.15) is 19.5 Å². The smallest absolute Gasteiger partial charge is 0.152 e. The van der Waals surface area contributed by atoms with E-state index < -0.39 is 0 Å². The highest BCUT2D eigenvalue weighted by molar-refractivity contribution is 6.30. The number of halogens is 1. The summed E-state index contributed by atoms with van der Waals surface area (Å²) < 4.78 is 5.58. The normalized spacial score (nSPS) is 10.9. The van der Waals surface area contributed by atoms with E-state index in [0.29, 0.717) is 11.7 Å². The highest BCUT2D eigenvalue weighted by Gasteiger charge is 2.08. The number of aromatic nitrogens is 2. The van der Waals surface area contributed by atoms with Crippen LogP contribution in [-0.4, -0.2) is 16.1 Å². The Balaban J connectivity index is 2.22. The molecule has 0 saturated heterocycles. The van der Waals surface area contributed by atoms with E-state index in [1.165, 1.54) is 0 Å². The van der Waals surface area contributed by atoms with Gasteiger partial charge < -0.3 is 15.5 Å². The second-order valence-corrected chi connectivity index (χ2v) is 4.61. The number of aromatic amines is 1. The average Bonchev–Trinajstić information content (AvgIpc) is 2.71. The minimum atomic E-state index is 0.165. The van der Waals surface area contributed by atoms with Gasteiger partial charge in [0, 0.05) is 12.1 Å². The van der Waals surface area contributed by atoms with Crippen molar-refractivity contribution in [3.8, 4) is 17.1 Å². The zero-order valence-corrected chi connectivity index (χ0v) is 11.2. The molecular weight excluding hydrogens is 250 g/mol. The summed E-state index contributed by atoms with van der Waals surface area (Å²) >= 11 is 5.95. The molecule has 0 fully saturated rings. The molecule has 0 aliphatic carbocycles. The van der Waals surface area contributed by atoms with Crippen LogP contribution >= 0.6 is 11.6 Å². The Morgan fingerprint density at radius 3 is 2.50 bits per heavy atom. The molecule has 0 spiro atoms. The molecular formula is C13H16ClN3O. The van der Waals surface area contributed by atoms with E-state index in [9.17, 15) is 0 Å². The van der Waals surface area contributed by atoms with Crippen molar-refractivity contribution >= 4 is 11.6 Å². The number of nitrogens with two attached hydrogens (primary N) is 1. The van der Waals surface area contributed by atoms with Crippen molar-refractivity contribution in [1.29, 1.82) is 0 Å². The van der Waals surface area contributed by atoms with Gasteiger partial charge in [-0.15, -0.1) is 0 Å². The van der Waals surface area contributed by atoms with Gasteiger partial charge in [0.1, 0.15) is 11.6 Å². The standard InChI is InChI=1S/C13H16ClN3O/c1-8(2)18-10-5-3-9(4-6-10)13-16-11(7-15)12(14)17-13/h3-6,8H,7,15H2,1-2H3,(H,16,17). The maximum atomic E-state index is 5.95. The van der Waals surface area contributed by atoms with Crippen molar-refractivity contribution in [2.24, 2.45) is 5.73 Å². The van der Waals surface area contributed by atoms with Crippen molar-refractivity contribution in [2.45, 2.75) is 26.5 Å². The maximum Gasteiger partial charge on any atom is 0.152 e. The highest BCUT2D eigenvalue weighted by Crippen LogP contribution is 2.23. The molecule has 18 heavy (non-hydrogen) atoms. The summed E-state index contributed by atoms with van der Waals surface area (Å²) in [4.78, 5) is 7.33. The molecule has 1 heterocycles. The number of nitrogens with zero attached hydrogens (tertiary/aromatic N) is 1. The van der Waals surface area contributed by atoms with Gasteiger partial charge in [0.05, 0.1) is 11.8 Å². The van der Waals surface area contributed by atoms with E-state index in [2.05, 4.69) is 9.97 Å². The summed E-state index contributed by atoms with van der Waals surface area (Å²) in [5, 5.41) is 0.426. The SMILES string of the molecule is CC(C)Oc1ccc(-c2nc(Cl)c(CN)[nH]2)cc1. The quantitative estimate of drug-likeness (QED) is 0.893. The van der Waals surface area contributed by atoms with Gasteiger partial charge in [0.2, 0.25) is 0 Å². The number of imidazole rings is 1. The fraction of sp³-hybridized carbons (Fsp3) is 0.308. The average molecular weight is 266 g/mol. The number of hydrogen-bond acceptors (Lipinski definition) is 3. The molecule has 2 aromatic rings. The third-order valence-corrected chi connectivity index (χ3v) is 2.74. The molecule has 96 valence electrons. The number of rotatable bonds is 4. The molecule has 0 aliphatic rings. The molecule has 0 bridgehead atoms. The third-order valence-electron chi connectivity index (χ3n) is 2.43. The molecule has 0 unspecified atom stereocenters. The third kappa shape index (κ3) is 2.83. The van der Waals surface area contributed by atoms with Crippen LogP contribution in [0, 0.1) is 0 Å². The van der Waals surface area contributed by atoms with Gasteiger partial charge in [0.15, 0.2) is 5.15 Å². The first-order chi connectivity index (χ1) is 8.60. The fourth-order valence-corrected chi connectivity index (χ4v) is 1.83. The van der Waals surface area contributed by atoms with Crippen LogP contribution < -0.4 is 10.5 Å². The van der Waals surface area contributed by atoms with E-state index in [1.807, 2.05) is 38.1 Å². The number of ether oxygens (including phenoxy) is 1. The highest BCUT2D eigenvalue weighted by atomic mass is 35.5. The van der Waals surface area contributed by atoms with Crippen LogP contribution in [0.25, 0.3) is 11.4 Å². The summed E-state index contributed by atoms with van der Waals surface area (Å²) in [5.41, 5.74) is 7.24. The first kappa shape index (κ1) is 12.9. The minimum absolute atomic E-state index is 0.165. The second kappa shape index (κ2) is 5.42. The predicted molar refractivity (Wildman–Crippen MR) is 72.7 cm³/mol. The number of H-pyrrole nitrogens is 1. The minimum Gasteiger partial charge on any atom is -0.491 e. The molecule has 1 aromatic heterocycles. The van der Waals surface area contributed by atoms with Crippen LogP contribution in [-0.2, 0) is 6.54 Å². The largest absolute Gasteiger partial charge is 0.491 e. The lowest BCUT2D eigenvalue weighted by Crippen LogP contribution is -2.05. The number of benzene rings is 1. The summed E-state index contributed by atoms with van der Waals surface area (Å²) in [7, 11) is 0. The van der Waals surface area contributed by atoms with Crippen molar-refractivity contribution in [3.63, 3.8) is 0 Å². The maximum absolute atomic E-state index is 5.95. The van der Waals surface area contributed by atoms with Crippen LogP contribution in [0.15, 0.2) is 24.3 Å². The van der Waals surface area contributed by atoms with E-state index in [1.54, 1.807) is 0 Å². The Morgan fingerprint density at radius 1 is 1.33 bits per heavy atom. The molecule has 4 nitrogen and oxygen atoms in total. The molecule has 0 atom stereocenters. The number of nitrogens with one attached hydrogen (secondary N) is 1. The molecule has 2 rings (SSSR count). The lowest BCUT2D eigenvalue weighted by atomic mass is 10.2. The predicted octanol–water partition coefficient (Wildman–Crippen LogP) is 2.98. The van der Waals surface area contributed by atoms with E-state index in [4.69, 9.17) is 22.1 Å². The molecule has 0 radical (unpaired) electrons. The molecule has 1 aromatic carbocycles.